The molecule has 0 amide bonds. The van der Waals surface area contributed by atoms with Gasteiger partial charge in [0.1, 0.15) is 0 Å². The molecule has 0 bridgehead atoms. The molecule has 1 unspecified atom stereocenters. The van der Waals surface area contributed by atoms with E-state index in [-0.39, 0.29) is 23.5 Å². The maximum absolute atomic E-state index is 12.0. The van der Waals surface area contributed by atoms with Crippen molar-refractivity contribution in [1.82, 2.24) is 0 Å². The van der Waals surface area contributed by atoms with Gasteiger partial charge in [0.05, 0.1) is 17.6 Å². The molecule has 18 heavy (non-hydrogen) atoms. The van der Waals surface area contributed by atoms with E-state index in [1.165, 1.54) is 5.56 Å². The summed E-state index contributed by atoms with van der Waals surface area (Å²) >= 11 is 0. The highest BCUT2D eigenvalue weighted by molar-refractivity contribution is 7.92. The Balaban J connectivity index is 2.22. The molecule has 100 valence electrons. The van der Waals surface area contributed by atoms with Gasteiger partial charge in [0.15, 0.2) is 9.84 Å². The van der Waals surface area contributed by atoms with Crippen LogP contribution in [-0.4, -0.2) is 24.5 Å². The van der Waals surface area contributed by atoms with Crippen molar-refractivity contribution >= 4 is 9.84 Å². The van der Waals surface area contributed by atoms with Crippen molar-refractivity contribution in [3.8, 4) is 0 Å². The SMILES string of the molecule is CC(C)S(=O)(=O)CC1CCc2cc(CO)ccc21. The molecule has 1 aromatic carbocycles. The van der Waals surface area contributed by atoms with Gasteiger partial charge in [0.25, 0.3) is 0 Å². The Hall–Kier alpha value is -0.870. The Morgan fingerprint density at radius 3 is 2.72 bits per heavy atom. The Morgan fingerprint density at radius 2 is 2.11 bits per heavy atom. The van der Waals surface area contributed by atoms with Crippen LogP contribution in [0.25, 0.3) is 0 Å². The molecule has 1 aliphatic carbocycles. The van der Waals surface area contributed by atoms with E-state index in [1.54, 1.807) is 13.8 Å². The first-order valence-corrected chi connectivity index (χ1v) is 8.09. The first-order chi connectivity index (χ1) is 8.44. The summed E-state index contributed by atoms with van der Waals surface area (Å²) in [6.07, 6.45) is 1.82. The molecule has 0 aromatic heterocycles. The number of hydrogen-bond acceptors (Lipinski definition) is 3. The van der Waals surface area contributed by atoms with Gasteiger partial charge in [-0.2, -0.15) is 0 Å². The van der Waals surface area contributed by atoms with Crippen LogP contribution in [0.2, 0.25) is 0 Å². The number of fused-ring (bicyclic) bond motifs is 1. The van der Waals surface area contributed by atoms with Crippen LogP contribution in [0.4, 0.5) is 0 Å². The fourth-order valence-corrected chi connectivity index (χ4v) is 3.80. The van der Waals surface area contributed by atoms with E-state index in [4.69, 9.17) is 5.11 Å². The number of aliphatic hydroxyl groups is 1. The van der Waals surface area contributed by atoms with Crippen molar-refractivity contribution in [2.75, 3.05) is 5.75 Å². The fourth-order valence-electron chi connectivity index (χ4n) is 2.50. The largest absolute Gasteiger partial charge is 0.392 e. The van der Waals surface area contributed by atoms with Gasteiger partial charge in [-0.15, -0.1) is 0 Å². The van der Waals surface area contributed by atoms with E-state index in [9.17, 15) is 8.42 Å². The van der Waals surface area contributed by atoms with E-state index in [0.29, 0.717) is 0 Å². The molecule has 0 fully saturated rings. The normalized spacial score (nSPS) is 19.2. The Kier molecular flexibility index (Phi) is 3.78. The minimum atomic E-state index is -2.99. The lowest BCUT2D eigenvalue weighted by Crippen LogP contribution is -2.21. The third-order valence-corrected chi connectivity index (χ3v) is 6.05. The number of rotatable bonds is 4. The van der Waals surface area contributed by atoms with Gasteiger partial charge in [-0.1, -0.05) is 18.2 Å². The zero-order valence-corrected chi connectivity index (χ0v) is 11.7. The Morgan fingerprint density at radius 1 is 1.39 bits per heavy atom. The molecule has 0 radical (unpaired) electrons. The van der Waals surface area contributed by atoms with Crippen molar-refractivity contribution in [3.05, 3.63) is 34.9 Å². The molecule has 1 aliphatic rings. The van der Waals surface area contributed by atoms with Gasteiger partial charge in [0.2, 0.25) is 0 Å². The molecule has 1 atom stereocenters. The molecule has 1 N–H and O–H groups in total. The van der Waals surface area contributed by atoms with E-state index in [0.717, 1.165) is 24.0 Å². The summed E-state index contributed by atoms with van der Waals surface area (Å²) < 4.78 is 24.0. The second kappa shape index (κ2) is 5.02. The maximum Gasteiger partial charge on any atom is 0.153 e. The molecule has 3 nitrogen and oxygen atoms in total. The van der Waals surface area contributed by atoms with Crippen LogP contribution in [-0.2, 0) is 22.9 Å². The zero-order chi connectivity index (χ0) is 13.3. The third-order valence-electron chi connectivity index (χ3n) is 3.74. The summed E-state index contributed by atoms with van der Waals surface area (Å²) in [4.78, 5) is 0. The molecule has 2 rings (SSSR count). The Bertz CT molecular complexity index is 532. The fraction of sp³-hybridized carbons (Fsp3) is 0.571. The average molecular weight is 268 g/mol. The minimum absolute atomic E-state index is 0.0439. The van der Waals surface area contributed by atoms with Crippen LogP contribution in [0.5, 0.6) is 0 Å². The van der Waals surface area contributed by atoms with Crippen molar-refractivity contribution < 1.29 is 13.5 Å². The number of aryl methyl sites for hydroxylation is 1. The van der Waals surface area contributed by atoms with Crippen LogP contribution in [0.1, 0.15) is 42.9 Å². The predicted molar refractivity (Wildman–Crippen MR) is 72.3 cm³/mol. The highest BCUT2D eigenvalue weighted by atomic mass is 32.2. The summed E-state index contributed by atoms with van der Waals surface area (Å²) in [6, 6.07) is 5.87. The average Bonchev–Trinajstić information content (AvgIpc) is 2.71. The van der Waals surface area contributed by atoms with Crippen LogP contribution >= 0.6 is 0 Å². The first kappa shape index (κ1) is 13.6. The maximum atomic E-state index is 12.0. The summed E-state index contributed by atoms with van der Waals surface area (Å²) in [5, 5.41) is 8.79. The van der Waals surface area contributed by atoms with Crippen LogP contribution in [0.15, 0.2) is 18.2 Å². The highest BCUT2D eigenvalue weighted by Crippen LogP contribution is 2.35. The van der Waals surface area contributed by atoms with Crippen molar-refractivity contribution in [3.63, 3.8) is 0 Å². The summed E-state index contributed by atoms with van der Waals surface area (Å²) in [6.45, 7) is 3.52. The topological polar surface area (TPSA) is 54.4 Å². The molecule has 0 heterocycles. The third kappa shape index (κ3) is 2.59. The van der Waals surface area contributed by atoms with Crippen molar-refractivity contribution in [2.45, 2.75) is 44.5 Å². The highest BCUT2D eigenvalue weighted by Gasteiger charge is 2.28. The molecular weight excluding hydrogens is 248 g/mol. The van der Waals surface area contributed by atoms with Crippen molar-refractivity contribution in [1.29, 1.82) is 0 Å². The summed E-state index contributed by atoms with van der Waals surface area (Å²) in [5.74, 6) is 0.371. The lowest BCUT2D eigenvalue weighted by atomic mass is 10.0. The molecule has 0 saturated heterocycles. The van der Waals surface area contributed by atoms with Gasteiger partial charge >= 0.3 is 0 Å². The van der Waals surface area contributed by atoms with Gasteiger partial charge < -0.3 is 5.11 Å². The van der Waals surface area contributed by atoms with E-state index in [2.05, 4.69) is 0 Å². The van der Waals surface area contributed by atoms with E-state index in [1.807, 2.05) is 18.2 Å². The second-order valence-corrected chi connectivity index (χ2v) is 7.91. The van der Waals surface area contributed by atoms with Gasteiger partial charge in [0, 0.05) is 0 Å². The van der Waals surface area contributed by atoms with Crippen LogP contribution in [0.3, 0.4) is 0 Å². The number of sulfone groups is 1. The molecule has 4 heteroatoms. The summed E-state index contributed by atoms with van der Waals surface area (Å²) in [5.41, 5.74) is 3.25. The van der Waals surface area contributed by atoms with Gasteiger partial charge in [-0.05, 0) is 49.3 Å². The molecule has 0 spiro atoms. The van der Waals surface area contributed by atoms with E-state index < -0.39 is 9.84 Å². The molecule has 0 saturated carbocycles. The predicted octanol–water partition coefficient (Wildman–Crippen LogP) is 2.03. The second-order valence-electron chi connectivity index (χ2n) is 5.31. The molecular formula is C14H20O3S. The monoisotopic (exact) mass is 268 g/mol. The molecule has 0 aliphatic heterocycles. The number of benzene rings is 1. The lowest BCUT2D eigenvalue weighted by molar-refractivity contribution is 0.281. The standard InChI is InChI=1S/C14H20O3S/c1-10(2)18(16,17)9-13-5-4-12-7-11(8-15)3-6-14(12)13/h3,6-7,10,13,15H,4-5,8-9H2,1-2H3. The van der Waals surface area contributed by atoms with Crippen LogP contribution in [0, 0.1) is 0 Å². The van der Waals surface area contributed by atoms with Gasteiger partial charge in [-0.3, -0.25) is 0 Å². The minimum Gasteiger partial charge on any atom is -0.392 e. The number of aliphatic hydroxyl groups excluding tert-OH is 1. The van der Waals surface area contributed by atoms with Crippen LogP contribution < -0.4 is 0 Å². The number of hydrogen-bond donors (Lipinski definition) is 1. The zero-order valence-electron chi connectivity index (χ0n) is 10.9. The lowest BCUT2D eigenvalue weighted by Gasteiger charge is -2.14. The van der Waals surface area contributed by atoms with Gasteiger partial charge in [-0.25, -0.2) is 8.42 Å². The van der Waals surface area contributed by atoms with E-state index >= 15 is 0 Å². The smallest absolute Gasteiger partial charge is 0.153 e. The first-order valence-electron chi connectivity index (χ1n) is 6.38. The molecule has 1 aromatic rings. The Labute approximate surface area is 109 Å². The van der Waals surface area contributed by atoms with Crippen molar-refractivity contribution in [2.24, 2.45) is 0 Å². The quantitative estimate of drug-likeness (QED) is 0.909. The summed E-state index contributed by atoms with van der Waals surface area (Å²) in [7, 11) is -2.99.